The quantitative estimate of drug-likeness (QED) is 0.316. The highest BCUT2D eigenvalue weighted by Crippen LogP contribution is 2.26. The summed E-state index contributed by atoms with van der Waals surface area (Å²) in [6.45, 7) is 7.01. The minimum atomic E-state index is -4.16. The fourth-order valence-electron chi connectivity index (χ4n) is 4.20. The van der Waals surface area contributed by atoms with Crippen molar-refractivity contribution in [2.24, 2.45) is 0 Å². The highest BCUT2D eigenvalue weighted by Gasteiger charge is 2.33. The molecular formula is C30H36ClN3O5S. The van der Waals surface area contributed by atoms with Gasteiger partial charge in [0.25, 0.3) is 10.0 Å². The summed E-state index contributed by atoms with van der Waals surface area (Å²) in [5.41, 5.74) is 2.04. The Labute approximate surface area is 241 Å². The van der Waals surface area contributed by atoms with Crippen molar-refractivity contribution in [2.45, 2.75) is 57.6 Å². The number of carbonyl (C=O) groups is 2. The Morgan fingerprint density at radius 2 is 1.55 bits per heavy atom. The largest absolute Gasteiger partial charge is 0.497 e. The van der Waals surface area contributed by atoms with Gasteiger partial charge in [0.05, 0.1) is 17.7 Å². The molecule has 1 N–H and O–H groups in total. The minimum Gasteiger partial charge on any atom is -0.497 e. The summed E-state index contributed by atoms with van der Waals surface area (Å²) < 4.78 is 34.0. The predicted molar refractivity (Wildman–Crippen MR) is 158 cm³/mol. The van der Waals surface area contributed by atoms with Gasteiger partial charge in [-0.2, -0.15) is 0 Å². The van der Waals surface area contributed by atoms with E-state index in [0.29, 0.717) is 22.9 Å². The third kappa shape index (κ3) is 7.76. The zero-order valence-corrected chi connectivity index (χ0v) is 25.0. The molecule has 0 aliphatic rings. The first-order chi connectivity index (χ1) is 19.0. The average molecular weight is 586 g/mol. The Bertz CT molecular complexity index is 1390. The first-order valence-corrected chi connectivity index (χ1v) is 14.9. The van der Waals surface area contributed by atoms with Gasteiger partial charge in [0.1, 0.15) is 18.3 Å². The van der Waals surface area contributed by atoms with Crippen molar-refractivity contribution in [3.8, 4) is 5.75 Å². The molecule has 3 aromatic rings. The summed E-state index contributed by atoms with van der Waals surface area (Å²) in [4.78, 5) is 28.7. The molecule has 3 aromatic carbocycles. The molecular weight excluding hydrogens is 550 g/mol. The number of anilines is 1. The molecule has 0 aliphatic carbocycles. The Kier molecular flexibility index (Phi) is 10.6. The van der Waals surface area contributed by atoms with E-state index in [1.807, 2.05) is 39.8 Å². The van der Waals surface area contributed by atoms with Crippen molar-refractivity contribution >= 4 is 39.1 Å². The first kappa shape index (κ1) is 31.0. The van der Waals surface area contributed by atoms with Crippen LogP contribution in [0.15, 0.2) is 77.7 Å². The number of carbonyl (C=O) groups excluding carboxylic acids is 2. The molecule has 1 unspecified atom stereocenters. The summed E-state index contributed by atoms with van der Waals surface area (Å²) in [5, 5.41) is 3.28. The molecule has 1 atom stereocenters. The maximum Gasteiger partial charge on any atom is 0.264 e. The number of rotatable bonds is 12. The summed E-state index contributed by atoms with van der Waals surface area (Å²) in [6.07, 6.45) is 0.342. The smallest absolute Gasteiger partial charge is 0.264 e. The molecule has 214 valence electrons. The highest BCUT2D eigenvalue weighted by molar-refractivity contribution is 7.92. The zero-order valence-electron chi connectivity index (χ0n) is 23.4. The third-order valence-corrected chi connectivity index (χ3v) is 8.37. The van der Waals surface area contributed by atoms with Crippen LogP contribution >= 0.6 is 11.6 Å². The molecule has 0 saturated carbocycles. The molecule has 0 radical (unpaired) electrons. The predicted octanol–water partition coefficient (Wildman–Crippen LogP) is 5.18. The lowest BCUT2D eigenvalue weighted by Crippen LogP contribution is -2.53. The molecule has 8 nitrogen and oxygen atoms in total. The van der Waals surface area contributed by atoms with Gasteiger partial charge in [-0.1, -0.05) is 48.4 Å². The van der Waals surface area contributed by atoms with Crippen molar-refractivity contribution in [1.29, 1.82) is 0 Å². The van der Waals surface area contributed by atoms with E-state index in [9.17, 15) is 18.0 Å². The highest BCUT2D eigenvalue weighted by atomic mass is 35.5. The second kappa shape index (κ2) is 13.7. The van der Waals surface area contributed by atoms with Crippen LogP contribution in [0, 0.1) is 6.92 Å². The van der Waals surface area contributed by atoms with Gasteiger partial charge in [0.2, 0.25) is 11.8 Å². The van der Waals surface area contributed by atoms with E-state index >= 15 is 0 Å². The van der Waals surface area contributed by atoms with Crippen LogP contribution < -0.4 is 14.4 Å². The fraction of sp³-hybridized carbons (Fsp3) is 0.333. The lowest BCUT2D eigenvalue weighted by molar-refractivity contribution is -0.140. The summed E-state index contributed by atoms with van der Waals surface area (Å²) >= 11 is 6.00. The number of hydrogen-bond acceptors (Lipinski definition) is 5. The topological polar surface area (TPSA) is 96.0 Å². The number of ether oxygens (including phenoxy) is 1. The van der Waals surface area contributed by atoms with E-state index in [4.69, 9.17) is 16.3 Å². The van der Waals surface area contributed by atoms with E-state index in [-0.39, 0.29) is 23.4 Å². The standard InChI is InChI=1S/C30H36ClN3O5S/c1-6-28(30(36)32-21(2)3)33(19-23-9-15-26(39-5)16-10-23)29(35)20-34(25-13-7-22(4)8-14-25)40(37,38)27-17-11-24(31)12-18-27/h7-18,21,28H,6,19-20H2,1-5H3,(H,32,36). The fourth-order valence-corrected chi connectivity index (χ4v) is 5.74. The second-order valence-corrected chi connectivity index (χ2v) is 12.1. The Morgan fingerprint density at radius 1 is 0.950 bits per heavy atom. The van der Waals surface area contributed by atoms with Crippen LogP contribution in [0.5, 0.6) is 5.75 Å². The zero-order chi connectivity index (χ0) is 29.4. The van der Waals surface area contributed by atoms with Crippen molar-refractivity contribution in [3.05, 3.63) is 88.9 Å². The van der Waals surface area contributed by atoms with Crippen molar-refractivity contribution in [2.75, 3.05) is 18.0 Å². The first-order valence-electron chi connectivity index (χ1n) is 13.0. The number of nitrogens with zero attached hydrogens (tertiary/aromatic N) is 2. The number of nitrogens with one attached hydrogen (secondary N) is 1. The van der Waals surface area contributed by atoms with Gasteiger partial charge in [-0.05, 0) is 81.3 Å². The number of halogens is 1. The van der Waals surface area contributed by atoms with Crippen LogP contribution in [0.4, 0.5) is 5.69 Å². The molecule has 0 fully saturated rings. The summed E-state index contributed by atoms with van der Waals surface area (Å²) in [5.74, 6) is -0.160. The molecule has 10 heteroatoms. The van der Waals surface area contributed by atoms with E-state index in [1.165, 1.54) is 29.2 Å². The van der Waals surface area contributed by atoms with Crippen LogP contribution in [0.1, 0.15) is 38.3 Å². The lowest BCUT2D eigenvalue weighted by atomic mass is 10.1. The maximum absolute atomic E-state index is 14.0. The SMILES string of the molecule is CCC(C(=O)NC(C)C)N(Cc1ccc(OC)cc1)C(=O)CN(c1ccc(C)cc1)S(=O)(=O)c1ccc(Cl)cc1. The van der Waals surface area contributed by atoms with Gasteiger partial charge < -0.3 is 15.0 Å². The number of methoxy groups -OCH3 is 1. The molecule has 2 amide bonds. The van der Waals surface area contributed by atoms with E-state index in [2.05, 4.69) is 5.32 Å². The molecule has 0 aromatic heterocycles. The molecule has 0 bridgehead atoms. The monoisotopic (exact) mass is 585 g/mol. The van der Waals surface area contributed by atoms with E-state index in [1.54, 1.807) is 43.5 Å². The van der Waals surface area contributed by atoms with Gasteiger partial charge in [-0.15, -0.1) is 0 Å². The molecule has 0 aliphatic heterocycles. The minimum absolute atomic E-state index is 0.00317. The van der Waals surface area contributed by atoms with Gasteiger partial charge in [-0.3, -0.25) is 13.9 Å². The maximum atomic E-state index is 14.0. The van der Waals surface area contributed by atoms with E-state index in [0.717, 1.165) is 15.4 Å². The number of hydrogen-bond donors (Lipinski definition) is 1. The summed E-state index contributed by atoms with van der Waals surface area (Å²) in [7, 11) is -2.59. The Morgan fingerprint density at radius 3 is 2.08 bits per heavy atom. The van der Waals surface area contributed by atoms with E-state index < -0.39 is 28.5 Å². The molecule has 40 heavy (non-hydrogen) atoms. The number of aryl methyl sites for hydroxylation is 1. The van der Waals surface area contributed by atoms with Crippen LogP contribution in [-0.2, 0) is 26.2 Å². The van der Waals surface area contributed by atoms with Crippen LogP contribution in [0.25, 0.3) is 0 Å². The van der Waals surface area contributed by atoms with Crippen LogP contribution in [0.2, 0.25) is 5.02 Å². The Balaban J connectivity index is 2.05. The van der Waals surface area contributed by atoms with Crippen LogP contribution in [-0.4, -0.2) is 50.9 Å². The third-order valence-electron chi connectivity index (χ3n) is 6.33. The van der Waals surface area contributed by atoms with Gasteiger partial charge >= 0.3 is 0 Å². The normalized spacial score (nSPS) is 12.1. The Hall–Kier alpha value is -3.56. The second-order valence-electron chi connectivity index (χ2n) is 9.76. The molecule has 0 spiro atoms. The lowest BCUT2D eigenvalue weighted by Gasteiger charge is -2.33. The number of amides is 2. The number of sulfonamides is 1. The van der Waals surface area contributed by atoms with Gasteiger partial charge in [0.15, 0.2) is 0 Å². The van der Waals surface area contributed by atoms with Crippen molar-refractivity contribution in [1.82, 2.24) is 10.2 Å². The molecule has 0 heterocycles. The molecule has 0 saturated heterocycles. The van der Waals surface area contributed by atoms with Gasteiger partial charge in [0, 0.05) is 17.6 Å². The number of benzene rings is 3. The summed E-state index contributed by atoms with van der Waals surface area (Å²) in [6, 6.07) is 18.9. The average Bonchev–Trinajstić information content (AvgIpc) is 2.92. The van der Waals surface area contributed by atoms with Crippen LogP contribution in [0.3, 0.4) is 0 Å². The van der Waals surface area contributed by atoms with Crippen molar-refractivity contribution in [3.63, 3.8) is 0 Å². The van der Waals surface area contributed by atoms with Gasteiger partial charge in [-0.25, -0.2) is 8.42 Å². The van der Waals surface area contributed by atoms with Crippen molar-refractivity contribution < 1.29 is 22.7 Å². The molecule has 3 rings (SSSR count).